The quantitative estimate of drug-likeness (QED) is 0.774. The Labute approximate surface area is 113 Å². The smallest absolute Gasteiger partial charge is 0.225 e. The van der Waals surface area contributed by atoms with Crippen LogP contribution in [0.25, 0.3) is 0 Å². The first-order chi connectivity index (χ1) is 9.07. The minimum atomic E-state index is -0.714. The van der Waals surface area contributed by atoms with Crippen molar-refractivity contribution in [2.75, 3.05) is 13.1 Å². The van der Waals surface area contributed by atoms with Gasteiger partial charge in [-0.2, -0.15) is 0 Å². The van der Waals surface area contributed by atoms with E-state index in [9.17, 15) is 14.7 Å². The van der Waals surface area contributed by atoms with Crippen molar-refractivity contribution in [1.82, 2.24) is 10.2 Å². The van der Waals surface area contributed by atoms with Crippen LogP contribution in [0, 0.1) is 5.92 Å². The lowest BCUT2D eigenvalue weighted by molar-refractivity contribution is -0.129. The largest absolute Gasteiger partial charge is 0.388 e. The number of aliphatic hydroxyl groups is 1. The minimum Gasteiger partial charge on any atom is -0.388 e. The van der Waals surface area contributed by atoms with Crippen molar-refractivity contribution in [3.05, 3.63) is 0 Å². The van der Waals surface area contributed by atoms with E-state index in [-0.39, 0.29) is 17.7 Å². The first kappa shape index (κ1) is 12.9. The summed E-state index contributed by atoms with van der Waals surface area (Å²) >= 11 is 0. The summed E-state index contributed by atoms with van der Waals surface area (Å²) < 4.78 is 0. The van der Waals surface area contributed by atoms with Gasteiger partial charge in [-0.1, -0.05) is 12.8 Å². The summed E-state index contributed by atoms with van der Waals surface area (Å²) in [5.41, 5.74) is -0.714. The van der Waals surface area contributed by atoms with Gasteiger partial charge in [0.25, 0.3) is 0 Å². The average molecular weight is 266 g/mol. The molecule has 3 fully saturated rings. The van der Waals surface area contributed by atoms with Gasteiger partial charge < -0.3 is 15.3 Å². The van der Waals surface area contributed by atoms with E-state index in [1.165, 1.54) is 0 Å². The molecule has 2 saturated carbocycles. The molecule has 5 heteroatoms. The van der Waals surface area contributed by atoms with Crippen LogP contribution in [0.2, 0.25) is 0 Å². The van der Waals surface area contributed by atoms with Gasteiger partial charge >= 0.3 is 0 Å². The number of hydrogen-bond acceptors (Lipinski definition) is 3. The lowest BCUT2D eigenvalue weighted by atomic mass is 10.0. The van der Waals surface area contributed by atoms with Crippen LogP contribution in [-0.4, -0.2) is 46.6 Å². The summed E-state index contributed by atoms with van der Waals surface area (Å²) in [6.45, 7) is 0.897. The lowest BCUT2D eigenvalue weighted by Crippen LogP contribution is -2.43. The first-order valence-electron chi connectivity index (χ1n) is 7.37. The molecule has 2 aliphatic carbocycles. The van der Waals surface area contributed by atoms with Crippen LogP contribution in [0.1, 0.15) is 44.9 Å². The molecular formula is C14H22N2O3. The fourth-order valence-corrected chi connectivity index (χ4v) is 3.25. The molecule has 1 unspecified atom stereocenters. The second kappa shape index (κ2) is 4.78. The standard InChI is InChI=1S/C14H22N2O3/c17-12-7-10(8-16(12)11-3-4-11)13(18)15-9-14(19)5-1-2-6-14/h10-11,19H,1-9H2,(H,15,18). The van der Waals surface area contributed by atoms with E-state index in [0.717, 1.165) is 38.5 Å². The topological polar surface area (TPSA) is 69.6 Å². The molecule has 3 rings (SSSR count). The van der Waals surface area contributed by atoms with Crippen molar-refractivity contribution in [2.24, 2.45) is 5.92 Å². The summed E-state index contributed by atoms with van der Waals surface area (Å²) in [6, 6.07) is 0.393. The van der Waals surface area contributed by atoms with Gasteiger partial charge in [0.05, 0.1) is 11.5 Å². The van der Waals surface area contributed by atoms with Gasteiger partial charge in [0.2, 0.25) is 11.8 Å². The monoisotopic (exact) mass is 266 g/mol. The second-order valence-electron chi connectivity index (χ2n) is 6.33. The maximum absolute atomic E-state index is 12.1. The molecule has 0 bridgehead atoms. The highest BCUT2D eigenvalue weighted by Gasteiger charge is 2.42. The third-order valence-corrected chi connectivity index (χ3v) is 4.64. The fourth-order valence-electron chi connectivity index (χ4n) is 3.25. The second-order valence-corrected chi connectivity index (χ2v) is 6.33. The Morgan fingerprint density at radius 2 is 2.05 bits per heavy atom. The van der Waals surface area contributed by atoms with Crippen LogP contribution in [0.15, 0.2) is 0 Å². The molecule has 1 atom stereocenters. The molecule has 0 radical (unpaired) electrons. The number of hydrogen-bond donors (Lipinski definition) is 2. The number of amides is 2. The molecule has 19 heavy (non-hydrogen) atoms. The van der Waals surface area contributed by atoms with Gasteiger partial charge in [-0.3, -0.25) is 9.59 Å². The molecule has 3 aliphatic rings. The molecule has 1 aliphatic heterocycles. The summed E-state index contributed by atoms with van der Waals surface area (Å²) in [6.07, 6.45) is 6.10. The van der Waals surface area contributed by atoms with Crippen LogP contribution < -0.4 is 5.32 Å². The van der Waals surface area contributed by atoms with Gasteiger partial charge in [0, 0.05) is 25.6 Å². The van der Waals surface area contributed by atoms with Crippen LogP contribution in [-0.2, 0) is 9.59 Å². The normalized spacial score (nSPS) is 29.8. The summed E-state index contributed by atoms with van der Waals surface area (Å²) in [5, 5.41) is 13.0. The zero-order chi connectivity index (χ0) is 13.5. The molecule has 106 valence electrons. The number of rotatable bonds is 4. The highest BCUT2D eigenvalue weighted by molar-refractivity contribution is 5.89. The Hall–Kier alpha value is -1.10. The van der Waals surface area contributed by atoms with E-state index in [4.69, 9.17) is 0 Å². The van der Waals surface area contributed by atoms with Crippen molar-refractivity contribution < 1.29 is 14.7 Å². The van der Waals surface area contributed by atoms with Gasteiger partial charge in [0.1, 0.15) is 0 Å². The van der Waals surface area contributed by atoms with E-state index in [1.807, 2.05) is 4.90 Å². The molecular weight excluding hydrogens is 244 g/mol. The summed E-state index contributed by atoms with van der Waals surface area (Å²) in [7, 11) is 0. The third-order valence-electron chi connectivity index (χ3n) is 4.64. The zero-order valence-electron chi connectivity index (χ0n) is 11.2. The molecule has 0 spiro atoms. The Morgan fingerprint density at radius 1 is 1.37 bits per heavy atom. The van der Waals surface area contributed by atoms with Gasteiger partial charge in [-0.05, 0) is 25.7 Å². The van der Waals surface area contributed by atoms with Crippen LogP contribution in [0.3, 0.4) is 0 Å². The molecule has 1 heterocycles. The number of carbonyl (C=O) groups is 2. The number of carbonyl (C=O) groups excluding carboxylic acids is 2. The van der Waals surface area contributed by atoms with E-state index < -0.39 is 5.60 Å². The van der Waals surface area contributed by atoms with Crippen LogP contribution >= 0.6 is 0 Å². The van der Waals surface area contributed by atoms with Crippen molar-refractivity contribution >= 4 is 11.8 Å². The molecule has 0 aromatic heterocycles. The van der Waals surface area contributed by atoms with E-state index in [2.05, 4.69) is 5.32 Å². The highest BCUT2D eigenvalue weighted by atomic mass is 16.3. The fraction of sp³-hybridized carbons (Fsp3) is 0.857. The molecule has 0 aromatic carbocycles. The number of likely N-dealkylation sites (tertiary alicyclic amines) is 1. The maximum atomic E-state index is 12.1. The molecule has 2 amide bonds. The Morgan fingerprint density at radius 3 is 2.68 bits per heavy atom. The summed E-state index contributed by atoms with van der Waals surface area (Å²) in [5.74, 6) is -0.183. The minimum absolute atomic E-state index is 0.0724. The SMILES string of the molecule is O=C(NCC1(O)CCCC1)C1CC(=O)N(C2CC2)C1. The Balaban J connectivity index is 1.49. The Kier molecular flexibility index (Phi) is 3.25. The van der Waals surface area contributed by atoms with Crippen molar-refractivity contribution in [1.29, 1.82) is 0 Å². The van der Waals surface area contributed by atoms with Gasteiger partial charge in [-0.25, -0.2) is 0 Å². The lowest BCUT2D eigenvalue weighted by Gasteiger charge is -2.23. The molecule has 1 saturated heterocycles. The van der Waals surface area contributed by atoms with E-state index in [0.29, 0.717) is 25.6 Å². The van der Waals surface area contributed by atoms with E-state index in [1.54, 1.807) is 0 Å². The van der Waals surface area contributed by atoms with Gasteiger partial charge in [-0.15, -0.1) is 0 Å². The summed E-state index contributed by atoms with van der Waals surface area (Å²) in [4.78, 5) is 25.7. The molecule has 2 N–H and O–H groups in total. The average Bonchev–Trinajstić information content (AvgIpc) is 3.02. The van der Waals surface area contributed by atoms with Gasteiger partial charge in [0.15, 0.2) is 0 Å². The Bertz CT molecular complexity index is 386. The maximum Gasteiger partial charge on any atom is 0.225 e. The predicted molar refractivity (Wildman–Crippen MR) is 69.3 cm³/mol. The number of nitrogens with one attached hydrogen (secondary N) is 1. The highest BCUT2D eigenvalue weighted by Crippen LogP contribution is 2.33. The van der Waals surface area contributed by atoms with Crippen LogP contribution in [0.5, 0.6) is 0 Å². The van der Waals surface area contributed by atoms with Crippen molar-refractivity contribution in [2.45, 2.75) is 56.6 Å². The van der Waals surface area contributed by atoms with Crippen molar-refractivity contribution in [3.8, 4) is 0 Å². The first-order valence-corrected chi connectivity index (χ1v) is 7.37. The van der Waals surface area contributed by atoms with Crippen LogP contribution in [0.4, 0.5) is 0 Å². The third kappa shape index (κ3) is 2.76. The molecule has 5 nitrogen and oxygen atoms in total. The van der Waals surface area contributed by atoms with Crippen molar-refractivity contribution in [3.63, 3.8) is 0 Å². The predicted octanol–water partition coefficient (Wildman–Crippen LogP) is 0.419. The zero-order valence-corrected chi connectivity index (χ0v) is 11.2. The number of nitrogens with zero attached hydrogens (tertiary/aromatic N) is 1. The van der Waals surface area contributed by atoms with E-state index >= 15 is 0 Å². The molecule has 0 aromatic rings.